The number of allylic oxidation sites excluding steroid dienone is 2. The van der Waals surface area contributed by atoms with Gasteiger partial charge in [0.1, 0.15) is 0 Å². The van der Waals surface area contributed by atoms with Crippen molar-refractivity contribution in [1.82, 2.24) is 0 Å². The van der Waals surface area contributed by atoms with E-state index in [9.17, 15) is 0 Å². The average molecular weight is 591 g/mol. The molecule has 0 fully saturated rings. The minimum atomic E-state index is -0.419. The molecule has 0 amide bonds. The highest BCUT2D eigenvalue weighted by Crippen LogP contribution is 2.46. The quantitative estimate of drug-likeness (QED) is 0.182. The van der Waals surface area contributed by atoms with Crippen LogP contribution in [0.3, 0.4) is 0 Å². The predicted molar refractivity (Wildman–Crippen MR) is 196 cm³/mol. The number of anilines is 5. The third-order valence-electron chi connectivity index (χ3n) is 9.08. The summed E-state index contributed by atoms with van der Waals surface area (Å²) in [4.78, 5) is 4.85. The molecule has 0 N–H and O–H groups in total. The largest absolute Gasteiger partial charge is 0.327 e. The van der Waals surface area contributed by atoms with Gasteiger partial charge in [0.05, 0.1) is 5.54 Å². The minimum absolute atomic E-state index is 0.419. The average Bonchev–Trinajstić information content (AvgIpc) is 3.13. The SMILES string of the molecule is C1=CCC(c2ccc(N(c3ccccc3)c3ccc4ccccc4c3)cc2)(N(c2ccccc2)c2ccc3ccccc3c2)C=C1. The Balaban J connectivity index is 1.27. The third kappa shape index (κ3) is 5.04. The maximum Gasteiger partial charge on any atom is 0.0923 e. The van der Waals surface area contributed by atoms with Crippen molar-refractivity contribution in [1.29, 1.82) is 0 Å². The van der Waals surface area contributed by atoms with E-state index in [0.29, 0.717) is 0 Å². The standard InChI is InChI=1S/C44H34N2/c1-4-18-39(19-5-1)45(42-26-22-34-14-8-10-16-36(34)32-42)40-28-24-38(25-29-40)44(30-12-3-13-31-44)46(41-20-6-2-7-21-41)43-27-23-35-15-9-11-17-37(35)33-43/h1-30,32-33H,31H2. The lowest BCUT2D eigenvalue weighted by atomic mass is 9.81. The highest BCUT2D eigenvalue weighted by Gasteiger charge is 2.38. The summed E-state index contributed by atoms with van der Waals surface area (Å²) in [6.45, 7) is 0. The van der Waals surface area contributed by atoms with Gasteiger partial charge in [0.15, 0.2) is 0 Å². The number of rotatable bonds is 7. The van der Waals surface area contributed by atoms with Gasteiger partial charge in [-0.2, -0.15) is 0 Å². The van der Waals surface area contributed by atoms with Crippen LogP contribution in [0, 0.1) is 0 Å². The Kier molecular flexibility index (Phi) is 7.16. The third-order valence-corrected chi connectivity index (χ3v) is 9.08. The molecule has 0 saturated carbocycles. The van der Waals surface area contributed by atoms with Crippen LogP contribution in [0.25, 0.3) is 21.5 Å². The van der Waals surface area contributed by atoms with E-state index in [2.05, 4.69) is 204 Å². The molecule has 0 bridgehead atoms. The van der Waals surface area contributed by atoms with E-state index < -0.39 is 5.54 Å². The van der Waals surface area contributed by atoms with Crippen LogP contribution in [0.2, 0.25) is 0 Å². The van der Waals surface area contributed by atoms with Gasteiger partial charge in [-0.05, 0) is 94.2 Å². The number of fused-ring (bicyclic) bond motifs is 2. The topological polar surface area (TPSA) is 6.48 Å². The van der Waals surface area contributed by atoms with Gasteiger partial charge in [-0.3, -0.25) is 0 Å². The van der Waals surface area contributed by atoms with E-state index in [0.717, 1.165) is 34.9 Å². The maximum absolute atomic E-state index is 2.51. The summed E-state index contributed by atoms with van der Waals surface area (Å²) in [7, 11) is 0. The van der Waals surface area contributed by atoms with Gasteiger partial charge in [-0.25, -0.2) is 0 Å². The lowest BCUT2D eigenvalue weighted by Gasteiger charge is -2.45. The number of nitrogens with zero attached hydrogens (tertiary/aromatic N) is 2. The van der Waals surface area contributed by atoms with Gasteiger partial charge in [-0.1, -0.05) is 133 Å². The molecule has 1 aliphatic carbocycles. The summed E-state index contributed by atoms with van der Waals surface area (Å²) in [5.74, 6) is 0. The Morgan fingerprint density at radius 3 is 1.50 bits per heavy atom. The van der Waals surface area contributed by atoms with Crippen molar-refractivity contribution in [3.63, 3.8) is 0 Å². The molecule has 0 spiro atoms. The monoisotopic (exact) mass is 590 g/mol. The molecular formula is C44H34N2. The second kappa shape index (κ2) is 11.9. The fourth-order valence-electron chi connectivity index (χ4n) is 6.86. The van der Waals surface area contributed by atoms with Crippen molar-refractivity contribution >= 4 is 50.0 Å². The first-order valence-corrected chi connectivity index (χ1v) is 15.9. The summed E-state index contributed by atoms with van der Waals surface area (Å²) in [6.07, 6.45) is 9.85. The Bertz CT molecular complexity index is 2180. The number of para-hydroxylation sites is 2. The van der Waals surface area contributed by atoms with E-state index in [1.54, 1.807) is 0 Å². The first-order chi connectivity index (χ1) is 22.8. The normalized spacial score (nSPS) is 15.7. The molecule has 7 aromatic carbocycles. The summed E-state index contributed by atoms with van der Waals surface area (Å²) in [5.41, 5.74) is 6.52. The van der Waals surface area contributed by atoms with E-state index in [4.69, 9.17) is 0 Å². The minimum Gasteiger partial charge on any atom is -0.327 e. The van der Waals surface area contributed by atoms with Crippen LogP contribution < -0.4 is 9.80 Å². The first-order valence-electron chi connectivity index (χ1n) is 15.9. The zero-order chi connectivity index (χ0) is 30.8. The van der Waals surface area contributed by atoms with Crippen LogP contribution in [0.4, 0.5) is 28.4 Å². The molecule has 7 aromatic rings. The second-order valence-electron chi connectivity index (χ2n) is 11.9. The van der Waals surface area contributed by atoms with Crippen LogP contribution in [-0.2, 0) is 5.54 Å². The van der Waals surface area contributed by atoms with E-state index in [1.807, 2.05) is 0 Å². The number of hydrogen-bond acceptors (Lipinski definition) is 2. The Labute approximate surface area is 270 Å². The van der Waals surface area contributed by atoms with Gasteiger partial charge in [0.25, 0.3) is 0 Å². The molecule has 1 unspecified atom stereocenters. The van der Waals surface area contributed by atoms with Crippen molar-refractivity contribution in [3.05, 3.63) is 200 Å². The number of benzene rings is 7. The molecule has 2 heteroatoms. The molecule has 1 atom stereocenters. The van der Waals surface area contributed by atoms with Crippen molar-refractivity contribution in [2.75, 3.05) is 9.80 Å². The molecule has 8 rings (SSSR count). The first kappa shape index (κ1) is 27.7. The van der Waals surface area contributed by atoms with Crippen molar-refractivity contribution in [3.8, 4) is 0 Å². The van der Waals surface area contributed by atoms with E-state index in [-0.39, 0.29) is 0 Å². The van der Waals surface area contributed by atoms with Crippen molar-refractivity contribution in [2.24, 2.45) is 0 Å². The highest BCUT2D eigenvalue weighted by molar-refractivity contribution is 5.90. The molecule has 0 aliphatic heterocycles. The summed E-state index contributed by atoms with van der Waals surface area (Å²) < 4.78 is 0. The highest BCUT2D eigenvalue weighted by atomic mass is 15.2. The molecule has 0 saturated heterocycles. The lowest BCUT2D eigenvalue weighted by Crippen LogP contribution is -2.42. The zero-order valence-corrected chi connectivity index (χ0v) is 25.6. The molecule has 0 heterocycles. The number of hydrogen-bond donors (Lipinski definition) is 0. The van der Waals surface area contributed by atoms with Crippen LogP contribution in [0.5, 0.6) is 0 Å². The Morgan fingerprint density at radius 1 is 0.391 bits per heavy atom. The molecule has 0 aromatic heterocycles. The predicted octanol–water partition coefficient (Wildman–Crippen LogP) is 12.0. The fourth-order valence-corrected chi connectivity index (χ4v) is 6.86. The Hall–Kier alpha value is -5.86. The second-order valence-corrected chi connectivity index (χ2v) is 11.9. The van der Waals surface area contributed by atoms with Crippen molar-refractivity contribution < 1.29 is 0 Å². The van der Waals surface area contributed by atoms with Crippen LogP contribution in [0.1, 0.15) is 12.0 Å². The molecule has 220 valence electrons. The van der Waals surface area contributed by atoms with Crippen molar-refractivity contribution in [2.45, 2.75) is 12.0 Å². The van der Waals surface area contributed by atoms with E-state index in [1.165, 1.54) is 27.1 Å². The summed E-state index contributed by atoms with van der Waals surface area (Å²) in [6, 6.07) is 61.3. The van der Waals surface area contributed by atoms with E-state index >= 15 is 0 Å². The van der Waals surface area contributed by atoms with Gasteiger partial charge >= 0.3 is 0 Å². The lowest BCUT2D eigenvalue weighted by molar-refractivity contribution is 0.547. The summed E-state index contributed by atoms with van der Waals surface area (Å²) in [5, 5.41) is 4.94. The van der Waals surface area contributed by atoms with Crippen LogP contribution in [-0.4, -0.2) is 0 Å². The molecule has 46 heavy (non-hydrogen) atoms. The van der Waals surface area contributed by atoms with Crippen LogP contribution >= 0.6 is 0 Å². The van der Waals surface area contributed by atoms with Gasteiger partial charge in [-0.15, -0.1) is 0 Å². The molecule has 0 radical (unpaired) electrons. The smallest absolute Gasteiger partial charge is 0.0923 e. The van der Waals surface area contributed by atoms with Gasteiger partial charge in [0.2, 0.25) is 0 Å². The maximum atomic E-state index is 2.51. The molecule has 2 nitrogen and oxygen atoms in total. The Morgan fingerprint density at radius 2 is 0.891 bits per heavy atom. The zero-order valence-electron chi connectivity index (χ0n) is 25.6. The fraction of sp³-hybridized carbons (Fsp3) is 0.0455. The molecule has 1 aliphatic rings. The van der Waals surface area contributed by atoms with Gasteiger partial charge < -0.3 is 9.80 Å². The van der Waals surface area contributed by atoms with Crippen LogP contribution in [0.15, 0.2) is 194 Å². The summed E-state index contributed by atoms with van der Waals surface area (Å²) >= 11 is 0. The van der Waals surface area contributed by atoms with Gasteiger partial charge in [0, 0.05) is 28.4 Å². The molecular weight excluding hydrogens is 556 g/mol.